The van der Waals surface area contributed by atoms with Crippen LogP contribution >= 0.6 is 0 Å². The molecule has 20 heavy (non-hydrogen) atoms. The van der Waals surface area contributed by atoms with Crippen molar-refractivity contribution in [2.75, 3.05) is 0 Å². The van der Waals surface area contributed by atoms with Gasteiger partial charge in [0.1, 0.15) is 0 Å². The van der Waals surface area contributed by atoms with E-state index in [1.807, 2.05) is 28.8 Å². The van der Waals surface area contributed by atoms with Gasteiger partial charge in [-0.15, -0.1) is 10.2 Å². The van der Waals surface area contributed by atoms with Crippen molar-refractivity contribution in [3.05, 3.63) is 54.5 Å². The molecule has 0 spiro atoms. The summed E-state index contributed by atoms with van der Waals surface area (Å²) in [6.45, 7) is 0. The molecule has 0 aliphatic heterocycles. The summed E-state index contributed by atoms with van der Waals surface area (Å²) in [6.07, 6.45) is 5.45. The quantitative estimate of drug-likeness (QED) is 0.524. The first-order valence-corrected chi connectivity index (χ1v) is 6.04. The fraction of sp³-hybridized carbons (Fsp3) is 0. The number of hydrogen-bond acceptors (Lipinski definition) is 4. The molecule has 0 N–H and O–H groups in total. The monoisotopic (exact) mass is 260 g/mol. The smallest absolute Gasteiger partial charge is 0.172 e. The van der Waals surface area contributed by atoms with Gasteiger partial charge in [-0.3, -0.25) is 4.40 Å². The van der Waals surface area contributed by atoms with E-state index in [-0.39, 0.29) is 0 Å². The molecule has 0 aliphatic rings. The van der Waals surface area contributed by atoms with Crippen LogP contribution in [0.25, 0.3) is 22.6 Å². The van der Waals surface area contributed by atoms with E-state index in [2.05, 4.69) is 21.4 Å². The van der Waals surface area contributed by atoms with Gasteiger partial charge in [-0.1, -0.05) is 6.07 Å². The third-order valence-corrected chi connectivity index (χ3v) is 3.21. The van der Waals surface area contributed by atoms with Crippen molar-refractivity contribution in [1.82, 2.24) is 24.2 Å². The molecular weight excluding hydrogens is 252 g/mol. The van der Waals surface area contributed by atoms with Crippen LogP contribution < -0.4 is 0 Å². The summed E-state index contributed by atoms with van der Waals surface area (Å²) in [5.41, 5.74) is 3.08. The van der Waals surface area contributed by atoms with Crippen molar-refractivity contribution in [2.45, 2.75) is 0 Å². The van der Waals surface area contributed by atoms with Gasteiger partial charge in [0.2, 0.25) is 0 Å². The Hall–Kier alpha value is -3.20. The molecule has 4 rings (SSSR count). The van der Waals surface area contributed by atoms with Crippen molar-refractivity contribution in [3.8, 4) is 17.5 Å². The molecule has 94 valence electrons. The first-order valence-electron chi connectivity index (χ1n) is 6.04. The first kappa shape index (κ1) is 10.7. The van der Waals surface area contributed by atoms with Gasteiger partial charge in [-0.2, -0.15) is 10.4 Å². The van der Waals surface area contributed by atoms with Crippen LogP contribution in [-0.4, -0.2) is 24.2 Å². The number of nitrogens with zero attached hydrogens (tertiary/aromatic N) is 6. The molecule has 0 saturated carbocycles. The van der Waals surface area contributed by atoms with Gasteiger partial charge in [0, 0.05) is 18.5 Å². The highest BCUT2D eigenvalue weighted by Crippen LogP contribution is 2.23. The Bertz CT molecular complexity index is 972. The minimum absolute atomic E-state index is 0.566. The summed E-state index contributed by atoms with van der Waals surface area (Å²) in [6, 6.07) is 11.4. The normalized spacial score (nSPS) is 10.9. The lowest BCUT2D eigenvalue weighted by molar-refractivity contribution is 0.961. The van der Waals surface area contributed by atoms with Gasteiger partial charge in [-0.05, 0) is 18.2 Å². The minimum atomic E-state index is 0.566. The standard InChI is InChI=1S/C14H8N6/c15-8-10-4-6-19-13(7-10)17-18-14(19)11-9-16-20-5-2-1-3-12(11)20/h1-7,9H. The summed E-state index contributed by atoms with van der Waals surface area (Å²) in [7, 11) is 0. The van der Waals surface area contributed by atoms with E-state index in [0.717, 1.165) is 11.1 Å². The van der Waals surface area contributed by atoms with E-state index in [0.29, 0.717) is 17.0 Å². The average molecular weight is 260 g/mol. The van der Waals surface area contributed by atoms with Crippen molar-refractivity contribution in [2.24, 2.45) is 0 Å². The Balaban J connectivity index is 2.01. The van der Waals surface area contributed by atoms with Gasteiger partial charge in [-0.25, -0.2) is 4.52 Å². The van der Waals surface area contributed by atoms with Crippen LogP contribution in [0.5, 0.6) is 0 Å². The molecule has 6 heteroatoms. The lowest BCUT2D eigenvalue weighted by Gasteiger charge is -1.98. The molecule has 0 unspecified atom stereocenters. The predicted octanol–water partition coefficient (Wildman–Crippen LogP) is 1.92. The fourth-order valence-corrected chi connectivity index (χ4v) is 2.25. The van der Waals surface area contributed by atoms with Crippen LogP contribution in [0.2, 0.25) is 0 Å². The molecule has 0 saturated heterocycles. The molecule has 4 heterocycles. The minimum Gasteiger partial charge on any atom is -0.282 e. The van der Waals surface area contributed by atoms with Crippen LogP contribution in [0.4, 0.5) is 0 Å². The molecule has 4 aromatic rings. The zero-order valence-corrected chi connectivity index (χ0v) is 10.3. The lowest BCUT2D eigenvalue weighted by Crippen LogP contribution is -1.90. The zero-order valence-electron chi connectivity index (χ0n) is 10.3. The van der Waals surface area contributed by atoms with Crippen molar-refractivity contribution < 1.29 is 0 Å². The van der Waals surface area contributed by atoms with Gasteiger partial charge in [0.05, 0.1) is 28.9 Å². The molecule has 0 bridgehead atoms. The second-order valence-corrected chi connectivity index (χ2v) is 4.37. The molecule has 0 aliphatic carbocycles. The van der Waals surface area contributed by atoms with Crippen LogP contribution in [0.3, 0.4) is 0 Å². The van der Waals surface area contributed by atoms with Crippen LogP contribution in [0.1, 0.15) is 5.56 Å². The third kappa shape index (κ3) is 1.40. The summed E-state index contributed by atoms with van der Waals surface area (Å²) in [5, 5.41) is 21.5. The Kier molecular flexibility index (Phi) is 2.08. The third-order valence-electron chi connectivity index (χ3n) is 3.21. The highest BCUT2D eigenvalue weighted by Gasteiger charge is 2.13. The maximum Gasteiger partial charge on any atom is 0.172 e. The lowest BCUT2D eigenvalue weighted by atomic mass is 10.2. The second-order valence-electron chi connectivity index (χ2n) is 4.37. The van der Waals surface area contributed by atoms with E-state index in [1.54, 1.807) is 29.0 Å². The molecule has 0 fully saturated rings. The van der Waals surface area contributed by atoms with Gasteiger partial charge >= 0.3 is 0 Å². The molecule has 6 nitrogen and oxygen atoms in total. The molecular formula is C14H8N6. The molecule has 0 radical (unpaired) electrons. The number of fused-ring (bicyclic) bond motifs is 2. The summed E-state index contributed by atoms with van der Waals surface area (Å²) >= 11 is 0. The van der Waals surface area contributed by atoms with E-state index >= 15 is 0 Å². The maximum atomic E-state index is 8.91. The second kappa shape index (κ2) is 3.90. The largest absolute Gasteiger partial charge is 0.282 e. The maximum absolute atomic E-state index is 8.91. The molecule has 4 aromatic heterocycles. The SMILES string of the molecule is N#Cc1ccn2c(-c3cnn4ccccc34)nnc2c1. The first-order chi connectivity index (χ1) is 9.86. The van der Waals surface area contributed by atoms with E-state index in [9.17, 15) is 0 Å². The Morgan fingerprint density at radius 1 is 1.10 bits per heavy atom. The predicted molar refractivity (Wildman–Crippen MR) is 71.9 cm³/mol. The Labute approximate surface area is 113 Å². The van der Waals surface area contributed by atoms with Gasteiger partial charge in [0.25, 0.3) is 0 Å². The highest BCUT2D eigenvalue weighted by atomic mass is 15.3. The van der Waals surface area contributed by atoms with Crippen LogP contribution in [0, 0.1) is 11.3 Å². The number of aromatic nitrogens is 5. The number of hydrogen-bond donors (Lipinski definition) is 0. The number of rotatable bonds is 1. The average Bonchev–Trinajstić information content (AvgIpc) is 3.09. The molecule has 0 amide bonds. The topological polar surface area (TPSA) is 71.3 Å². The fourth-order valence-electron chi connectivity index (χ4n) is 2.25. The van der Waals surface area contributed by atoms with Crippen molar-refractivity contribution in [1.29, 1.82) is 5.26 Å². The molecule has 0 atom stereocenters. The Morgan fingerprint density at radius 2 is 2.05 bits per heavy atom. The van der Waals surface area contributed by atoms with E-state index < -0.39 is 0 Å². The zero-order chi connectivity index (χ0) is 13.5. The summed E-state index contributed by atoms with van der Waals surface area (Å²) < 4.78 is 3.64. The number of nitriles is 1. The number of pyridine rings is 2. The van der Waals surface area contributed by atoms with E-state index in [1.165, 1.54) is 0 Å². The Morgan fingerprint density at radius 3 is 2.95 bits per heavy atom. The van der Waals surface area contributed by atoms with Crippen LogP contribution in [-0.2, 0) is 0 Å². The summed E-state index contributed by atoms with van der Waals surface area (Å²) in [4.78, 5) is 0. The van der Waals surface area contributed by atoms with Crippen LogP contribution in [0.15, 0.2) is 48.9 Å². The van der Waals surface area contributed by atoms with Crippen molar-refractivity contribution >= 4 is 11.2 Å². The van der Waals surface area contributed by atoms with Gasteiger partial charge < -0.3 is 0 Å². The van der Waals surface area contributed by atoms with Gasteiger partial charge in [0.15, 0.2) is 11.5 Å². The van der Waals surface area contributed by atoms with E-state index in [4.69, 9.17) is 5.26 Å². The highest BCUT2D eigenvalue weighted by molar-refractivity contribution is 5.76. The molecule has 0 aromatic carbocycles. The van der Waals surface area contributed by atoms with Crippen molar-refractivity contribution in [3.63, 3.8) is 0 Å². The summed E-state index contributed by atoms with van der Waals surface area (Å²) in [5.74, 6) is 0.714.